The summed E-state index contributed by atoms with van der Waals surface area (Å²) < 4.78 is 5.28. The number of hydrogen-bond donors (Lipinski definition) is 1. The molecule has 1 aromatic heterocycles. The van der Waals surface area contributed by atoms with Gasteiger partial charge in [0.15, 0.2) is 0 Å². The molecule has 0 fully saturated rings. The number of rotatable bonds is 6. The van der Waals surface area contributed by atoms with Gasteiger partial charge in [0.1, 0.15) is 5.75 Å². The number of anilines is 1. The summed E-state index contributed by atoms with van der Waals surface area (Å²) in [5.41, 5.74) is 2.00. The van der Waals surface area contributed by atoms with Gasteiger partial charge in [0.25, 0.3) is 5.91 Å². The third-order valence-corrected chi connectivity index (χ3v) is 4.08. The molecule has 0 radical (unpaired) electrons. The molecule has 0 spiro atoms. The number of methoxy groups -OCH3 is 1. The fourth-order valence-corrected chi connectivity index (χ4v) is 2.71. The van der Waals surface area contributed by atoms with Crippen LogP contribution < -0.4 is 10.1 Å². The van der Waals surface area contributed by atoms with Crippen LogP contribution in [0.1, 0.15) is 15.9 Å². The van der Waals surface area contributed by atoms with Crippen LogP contribution in [-0.4, -0.2) is 36.9 Å². The number of carbonyl (C=O) groups is 1. The van der Waals surface area contributed by atoms with E-state index < -0.39 is 4.92 Å². The number of benzene rings is 1. The molecule has 0 bridgehead atoms. The molecule has 0 unspecified atom stereocenters. The quantitative estimate of drug-likeness (QED) is 0.648. The van der Waals surface area contributed by atoms with Gasteiger partial charge in [0, 0.05) is 37.6 Å². The van der Waals surface area contributed by atoms with Crippen LogP contribution in [0, 0.1) is 10.1 Å². The summed E-state index contributed by atoms with van der Waals surface area (Å²) >= 11 is 1.08. The standard InChI is InChI=1S/C15H17N3O4S/c1-17(2)15(19)11-4-5-13(22-3)12(7-11)16-8-10-6-14(18(20)21)23-9-10/h4-7,9,16H,8H2,1-3H3. The van der Waals surface area contributed by atoms with Crippen LogP contribution in [0.25, 0.3) is 0 Å². The van der Waals surface area contributed by atoms with Gasteiger partial charge in [-0.1, -0.05) is 11.3 Å². The summed E-state index contributed by atoms with van der Waals surface area (Å²) in [4.78, 5) is 23.8. The summed E-state index contributed by atoms with van der Waals surface area (Å²) in [6.45, 7) is 0.403. The van der Waals surface area contributed by atoms with Crippen molar-refractivity contribution in [1.82, 2.24) is 4.90 Å². The molecule has 2 aromatic rings. The first-order valence-corrected chi connectivity index (χ1v) is 7.65. The maximum absolute atomic E-state index is 12.0. The highest BCUT2D eigenvalue weighted by molar-refractivity contribution is 7.13. The van der Waals surface area contributed by atoms with E-state index in [1.807, 2.05) is 0 Å². The molecule has 8 heteroatoms. The van der Waals surface area contributed by atoms with Crippen molar-refractivity contribution >= 4 is 27.9 Å². The van der Waals surface area contributed by atoms with Crippen LogP contribution >= 0.6 is 11.3 Å². The highest BCUT2D eigenvalue weighted by Crippen LogP contribution is 2.28. The molecule has 1 N–H and O–H groups in total. The zero-order chi connectivity index (χ0) is 17.0. The molecule has 0 aliphatic carbocycles. The second-order valence-corrected chi connectivity index (χ2v) is 5.91. The van der Waals surface area contributed by atoms with Crippen molar-refractivity contribution in [3.8, 4) is 5.75 Å². The van der Waals surface area contributed by atoms with Gasteiger partial charge in [-0.25, -0.2) is 0 Å². The largest absolute Gasteiger partial charge is 0.495 e. The molecule has 7 nitrogen and oxygen atoms in total. The Morgan fingerprint density at radius 3 is 2.70 bits per heavy atom. The minimum atomic E-state index is -0.412. The van der Waals surface area contributed by atoms with Gasteiger partial charge in [-0.15, -0.1) is 0 Å². The smallest absolute Gasteiger partial charge is 0.324 e. The summed E-state index contributed by atoms with van der Waals surface area (Å²) in [6.07, 6.45) is 0. The van der Waals surface area contributed by atoms with Gasteiger partial charge in [-0.05, 0) is 23.8 Å². The minimum absolute atomic E-state index is 0.102. The molecule has 2 rings (SSSR count). The summed E-state index contributed by atoms with van der Waals surface area (Å²) in [5.74, 6) is 0.493. The lowest BCUT2D eigenvalue weighted by atomic mass is 10.1. The Balaban J connectivity index is 2.18. The zero-order valence-corrected chi connectivity index (χ0v) is 13.8. The van der Waals surface area contributed by atoms with Crippen molar-refractivity contribution in [2.45, 2.75) is 6.54 Å². The van der Waals surface area contributed by atoms with Crippen molar-refractivity contribution in [1.29, 1.82) is 0 Å². The first-order chi connectivity index (χ1) is 10.9. The van der Waals surface area contributed by atoms with E-state index in [0.717, 1.165) is 16.9 Å². The monoisotopic (exact) mass is 335 g/mol. The molecule has 0 aliphatic heterocycles. The fraction of sp³-hybridized carbons (Fsp3) is 0.267. The third-order valence-electron chi connectivity index (χ3n) is 3.16. The number of thiophene rings is 1. The lowest BCUT2D eigenvalue weighted by Crippen LogP contribution is -2.21. The topological polar surface area (TPSA) is 84.7 Å². The first-order valence-electron chi connectivity index (χ1n) is 6.77. The highest BCUT2D eigenvalue weighted by Gasteiger charge is 2.13. The van der Waals surface area contributed by atoms with E-state index in [0.29, 0.717) is 23.5 Å². The summed E-state index contributed by atoms with van der Waals surface area (Å²) in [6, 6.07) is 6.65. The lowest BCUT2D eigenvalue weighted by Gasteiger charge is -2.14. The number of nitrogens with one attached hydrogen (secondary N) is 1. The van der Waals surface area contributed by atoms with E-state index in [1.54, 1.807) is 44.8 Å². The van der Waals surface area contributed by atoms with Gasteiger partial charge in [-0.3, -0.25) is 14.9 Å². The molecule has 0 saturated carbocycles. The minimum Gasteiger partial charge on any atom is -0.495 e. The van der Waals surface area contributed by atoms with Crippen LogP contribution in [0.3, 0.4) is 0 Å². The molecule has 0 aliphatic rings. The lowest BCUT2D eigenvalue weighted by molar-refractivity contribution is -0.380. The Hall–Kier alpha value is -2.61. The predicted octanol–water partition coefficient (Wildman–Crippen LogP) is 2.98. The molecule has 122 valence electrons. The van der Waals surface area contributed by atoms with Gasteiger partial charge in [0.05, 0.1) is 17.7 Å². The number of ether oxygens (including phenoxy) is 1. The highest BCUT2D eigenvalue weighted by atomic mass is 32.1. The van der Waals surface area contributed by atoms with E-state index in [-0.39, 0.29) is 10.9 Å². The van der Waals surface area contributed by atoms with Crippen LogP contribution in [0.4, 0.5) is 10.7 Å². The average Bonchev–Trinajstić information content (AvgIpc) is 3.01. The van der Waals surface area contributed by atoms with Gasteiger partial charge < -0.3 is 15.0 Å². The van der Waals surface area contributed by atoms with Gasteiger partial charge >= 0.3 is 5.00 Å². The number of hydrogen-bond acceptors (Lipinski definition) is 6. The SMILES string of the molecule is COc1ccc(C(=O)N(C)C)cc1NCc1csc([N+](=O)[O-])c1. The number of nitro groups is 1. The van der Waals surface area contributed by atoms with E-state index in [1.165, 1.54) is 11.0 Å². The van der Waals surface area contributed by atoms with E-state index in [2.05, 4.69) is 5.32 Å². The molecule has 1 aromatic carbocycles. The van der Waals surface area contributed by atoms with E-state index >= 15 is 0 Å². The predicted molar refractivity (Wildman–Crippen MR) is 89.3 cm³/mol. The molecule has 23 heavy (non-hydrogen) atoms. The molecular formula is C15H17N3O4S. The average molecular weight is 335 g/mol. The Kier molecular flexibility index (Phi) is 5.17. The van der Waals surface area contributed by atoms with Crippen LogP contribution in [0.15, 0.2) is 29.6 Å². The first kappa shape index (κ1) is 16.8. The normalized spacial score (nSPS) is 10.2. The Labute approximate surface area is 137 Å². The van der Waals surface area contributed by atoms with E-state index in [9.17, 15) is 14.9 Å². The van der Waals surface area contributed by atoms with Crippen molar-refractivity contribution in [3.63, 3.8) is 0 Å². The Morgan fingerprint density at radius 2 is 2.13 bits per heavy atom. The Bertz CT molecular complexity index is 727. The second-order valence-electron chi connectivity index (χ2n) is 5.02. The van der Waals surface area contributed by atoms with Crippen LogP contribution in [-0.2, 0) is 6.54 Å². The molecular weight excluding hydrogens is 318 g/mol. The third kappa shape index (κ3) is 3.98. The fourth-order valence-electron chi connectivity index (χ4n) is 1.99. The molecule has 0 atom stereocenters. The van der Waals surface area contributed by atoms with E-state index in [4.69, 9.17) is 4.74 Å². The molecule has 1 amide bonds. The van der Waals surface area contributed by atoms with Crippen molar-refractivity contribution in [2.75, 3.05) is 26.5 Å². The number of amides is 1. The number of carbonyl (C=O) groups excluding carboxylic acids is 1. The van der Waals surface area contributed by atoms with Crippen molar-refractivity contribution in [2.24, 2.45) is 0 Å². The molecule has 1 heterocycles. The van der Waals surface area contributed by atoms with Gasteiger partial charge in [-0.2, -0.15) is 0 Å². The number of nitrogens with zero attached hydrogens (tertiary/aromatic N) is 2. The maximum Gasteiger partial charge on any atom is 0.324 e. The Morgan fingerprint density at radius 1 is 1.39 bits per heavy atom. The summed E-state index contributed by atoms with van der Waals surface area (Å²) in [5, 5.41) is 15.7. The summed E-state index contributed by atoms with van der Waals surface area (Å²) in [7, 11) is 4.91. The van der Waals surface area contributed by atoms with Crippen LogP contribution in [0.2, 0.25) is 0 Å². The van der Waals surface area contributed by atoms with Crippen molar-refractivity contribution < 1.29 is 14.5 Å². The maximum atomic E-state index is 12.0. The second kappa shape index (κ2) is 7.10. The molecule has 0 saturated heterocycles. The zero-order valence-electron chi connectivity index (χ0n) is 13.0. The van der Waals surface area contributed by atoms with Crippen LogP contribution in [0.5, 0.6) is 5.75 Å². The van der Waals surface area contributed by atoms with Gasteiger partial charge in [0.2, 0.25) is 0 Å². The van der Waals surface area contributed by atoms with Crippen molar-refractivity contribution in [3.05, 3.63) is 50.9 Å².